The molecule has 17 heavy (non-hydrogen) atoms. The lowest BCUT2D eigenvalue weighted by atomic mass is 10.1. The van der Waals surface area contributed by atoms with E-state index in [9.17, 15) is 0 Å². The van der Waals surface area contributed by atoms with Crippen LogP contribution in [0, 0.1) is 0 Å². The van der Waals surface area contributed by atoms with Gasteiger partial charge in [-0.1, -0.05) is 6.07 Å². The molecule has 0 saturated carbocycles. The molecule has 1 atom stereocenters. The Hall–Kier alpha value is -1.46. The van der Waals surface area contributed by atoms with E-state index in [0.29, 0.717) is 23.7 Å². The molecule has 0 aliphatic carbocycles. The molecule has 0 spiro atoms. The molecule has 1 rings (SSSR count). The molecule has 0 heterocycles. The van der Waals surface area contributed by atoms with Crippen molar-refractivity contribution in [3.8, 4) is 17.2 Å². The molecule has 0 saturated heterocycles. The third-order valence-electron chi connectivity index (χ3n) is 2.53. The summed E-state index contributed by atoms with van der Waals surface area (Å²) in [5, 5.41) is 8.84. The van der Waals surface area contributed by atoms with Gasteiger partial charge in [0.1, 0.15) is 0 Å². The minimum absolute atomic E-state index is 0.0676. The molecule has 1 unspecified atom stereocenters. The van der Waals surface area contributed by atoms with Crippen molar-refractivity contribution in [3.63, 3.8) is 0 Å². The van der Waals surface area contributed by atoms with Crippen LogP contribution in [-0.4, -0.2) is 32.6 Å². The van der Waals surface area contributed by atoms with Crippen LogP contribution < -0.4 is 19.7 Å². The van der Waals surface area contributed by atoms with Gasteiger partial charge in [-0.25, -0.2) is 5.48 Å². The Labute approximate surface area is 101 Å². The fourth-order valence-corrected chi connectivity index (χ4v) is 1.70. The Morgan fingerprint density at radius 1 is 1.12 bits per heavy atom. The highest BCUT2D eigenvalue weighted by Gasteiger charge is 2.16. The van der Waals surface area contributed by atoms with E-state index in [1.165, 1.54) is 0 Å². The van der Waals surface area contributed by atoms with E-state index in [-0.39, 0.29) is 6.04 Å². The lowest BCUT2D eigenvalue weighted by Crippen LogP contribution is -2.24. The summed E-state index contributed by atoms with van der Waals surface area (Å²) in [6.07, 6.45) is 0.625. The highest BCUT2D eigenvalue weighted by molar-refractivity contribution is 5.55. The van der Waals surface area contributed by atoms with Crippen LogP contribution in [0.25, 0.3) is 0 Å². The van der Waals surface area contributed by atoms with Crippen LogP contribution in [0.2, 0.25) is 0 Å². The predicted molar refractivity (Wildman–Crippen MR) is 64.2 cm³/mol. The first-order valence-corrected chi connectivity index (χ1v) is 5.35. The van der Waals surface area contributed by atoms with Gasteiger partial charge in [0.05, 0.1) is 21.3 Å². The van der Waals surface area contributed by atoms with Crippen LogP contribution in [0.1, 0.15) is 12.5 Å². The SMILES string of the molecule is COc1ccc(CC(C)NO)c(OC)c1OC. The summed E-state index contributed by atoms with van der Waals surface area (Å²) in [6, 6.07) is 3.65. The fraction of sp³-hybridized carbons (Fsp3) is 0.500. The summed E-state index contributed by atoms with van der Waals surface area (Å²) >= 11 is 0. The molecule has 5 nitrogen and oxygen atoms in total. The van der Waals surface area contributed by atoms with Crippen molar-refractivity contribution in [2.24, 2.45) is 0 Å². The van der Waals surface area contributed by atoms with E-state index in [1.54, 1.807) is 21.3 Å². The fourth-order valence-electron chi connectivity index (χ4n) is 1.70. The zero-order valence-corrected chi connectivity index (χ0v) is 10.6. The summed E-state index contributed by atoms with van der Waals surface area (Å²) in [5.74, 6) is 1.82. The van der Waals surface area contributed by atoms with Crippen LogP contribution in [0.15, 0.2) is 12.1 Å². The normalized spacial score (nSPS) is 12.1. The largest absolute Gasteiger partial charge is 0.493 e. The van der Waals surface area contributed by atoms with Gasteiger partial charge in [0.2, 0.25) is 5.75 Å². The molecule has 0 amide bonds. The average molecular weight is 241 g/mol. The van der Waals surface area contributed by atoms with Gasteiger partial charge in [-0.3, -0.25) is 0 Å². The number of ether oxygens (including phenoxy) is 3. The number of nitrogens with one attached hydrogen (secondary N) is 1. The highest BCUT2D eigenvalue weighted by Crippen LogP contribution is 2.40. The van der Waals surface area contributed by atoms with E-state index in [1.807, 2.05) is 19.1 Å². The molecular formula is C12H19NO4. The second-order valence-corrected chi connectivity index (χ2v) is 3.73. The number of rotatable bonds is 6. The molecular weight excluding hydrogens is 222 g/mol. The smallest absolute Gasteiger partial charge is 0.203 e. The van der Waals surface area contributed by atoms with Gasteiger partial charge >= 0.3 is 0 Å². The van der Waals surface area contributed by atoms with Crippen molar-refractivity contribution in [2.75, 3.05) is 21.3 Å². The molecule has 0 aliphatic rings. The summed E-state index contributed by atoms with van der Waals surface area (Å²) < 4.78 is 15.8. The average Bonchev–Trinajstić information content (AvgIpc) is 2.37. The van der Waals surface area contributed by atoms with E-state index in [4.69, 9.17) is 19.4 Å². The Kier molecular flexibility index (Phi) is 5.06. The maximum absolute atomic E-state index is 8.84. The van der Waals surface area contributed by atoms with Crippen molar-refractivity contribution in [3.05, 3.63) is 17.7 Å². The molecule has 0 radical (unpaired) electrons. The Balaban J connectivity index is 3.14. The highest BCUT2D eigenvalue weighted by atomic mass is 16.5. The zero-order chi connectivity index (χ0) is 12.8. The van der Waals surface area contributed by atoms with Crippen LogP contribution >= 0.6 is 0 Å². The Morgan fingerprint density at radius 2 is 1.76 bits per heavy atom. The minimum Gasteiger partial charge on any atom is -0.493 e. The summed E-state index contributed by atoms with van der Waals surface area (Å²) in [5.41, 5.74) is 3.15. The second-order valence-electron chi connectivity index (χ2n) is 3.73. The van der Waals surface area contributed by atoms with Crippen molar-refractivity contribution < 1.29 is 19.4 Å². The lowest BCUT2D eigenvalue weighted by molar-refractivity contribution is 0.132. The number of benzene rings is 1. The van der Waals surface area contributed by atoms with Gasteiger partial charge in [-0.2, -0.15) is 0 Å². The Morgan fingerprint density at radius 3 is 2.24 bits per heavy atom. The van der Waals surface area contributed by atoms with Crippen LogP contribution in [0.5, 0.6) is 17.2 Å². The first kappa shape index (κ1) is 13.6. The molecule has 0 bridgehead atoms. The van der Waals surface area contributed by atoms with E-state index < -0.39 is 0 Å². The van der Waals surface area contributed by atoms with Crippen LogP contribution in [-0.2, 0) is 6.42 Å². The van der Waals surface area contributed by atoms with Crippen LogP contribution in [0.3, 0.4) is 0 Å². The molecule has 0 fully saturated rings. The molecule has 96 valence electrons. The number of hydroxylamine groups is 1. The quantitative estimate of drug-likeness (QED) is 0.741. The van der Waals surface area contributed by atoms with Crippen LogP contribution in [0.4, 0.5) is 0 Å². The number of hydrogen-bond acceptors (Lipinski definition) is 5. The maximum Gasteiger partial charge on any atom is 0.203 e. The van der Waals surface area contributed by atoms with Gasteiger partial charge in [0.25, 0.3) is 0 Å². The molecule has 1 aromatic carbocycles. The number of methoxy groups -OCH3 is 3. The lowest BCUT2D eigenvalue weighted by Gasteiger charge is -2.17. The standard InChI is InChI=1S/C12H19NO4/c1-8(13-14)7-9-5-6-10(15-2)12(17-4)11(9)16-3/h5-6,8,13-14H,7H2,1-4H3. The van der Waals surface area contributed by atoms with Gasteiger partial charge in [0, 0.05) is 6.04 Å². The predicted octanol–water partition coefficient (Wildman–Crippen LogP) is 1.62. The topological polar surface area (TPSA) is 60.0 Å². The van der Waals surface area contributed by atoms with Crippen molar-refractivity contribution in [1.82, 2.24) is 5.48 Å². The first-order chi connectivity index (χ1) is 8.17. The van der Waals surface area contributed by atoms with Gasteiger partial charge in [0.15, 0.2) is 11.5 Å². The van der Waals surface area contributed by atoms with Gasteiger partial charge in [-0.15, -0.1) is 0 Å². The minimum atomic E-state index is -0.0676. The van der Waals surface area contributed by atoms with Crippen molar-refractivity contribution in [1.29, 1.82) is 0 Å². The molecule has 0 aliphatic heterocycles. The van der Waals surface area contributed by atoms with E-state index in [0.717, 1.165) is 5.56 Å². The molecule has 5 heteroatoms. The third kappa shape index (κ3) is 3.01. The van der Waals surface area contributed by atoms with E-state index in [2.05, 4.69) is 5.48 Å². The van der Waals surface area contributed by atoms with Gasteiger partial charge < -0.3 is 19.4 Å². The van der Waals surface area contributed by atoms with E-state index >= 15 is 0 Å². The zero-order valence-electron chi connectivity index (χ0n) is 10.6. The van der Waals surface area contributed by atoms with Crippen molar-refractivity contribution in [2.45, 2.75) is 19.4 Å². The summed E-state index contributed by atoms with van der Waals surface area (Å²) in [7, 11) is 4.73. The molecule has 0 aromatic heterocycles. The second kappa shape index (κ2) is 6.32. The molecule has 1 aromatic rings. The first-order valence-electron chi connectivity index (χ1n) is 5.35. The Bertz CT molecular complexity index is 368. The summed E-state index contributed by atoms with van der Waals surface area (Å²) in [4.78, 5) is 0. The number of hydrogen-bond donors (Lipinski definition) is 2. The van der Waals surface area contributed by atoms with Gasteiger partial charge in [-0.05, 0) is 25.0 Å². The molecule has 2 N–H and O–H groups in total. The van der Waals surface area contributed by atoms with Crippen molar-refractivity contribution >= 4 is 0 Å². The third-order valence-corrected chi connectivity index (χ3v) is 2.53. The summed E-state index contributed by atoms with van der Waals surface area (Å²) in [6.45, 7) is 1.87. The monoisotopic (exact) mass is 241 g/mol. The maximum atomic E-state index is 8.84.